The normalized spacial score (nSPS) is 10.2. The number of aromatic nitrogens is 1. The molecule has 0 atom stereocenters. The van der Waals surface area contributed by atoms with E-state index < -0.39 is 0 Å². The van der Waals surface area contributed by atoms with Crippen molar-refractivity contribution < 1.29 is 4.79 Å². The van der Waals surface area contributed by atoms with Crippen LogP contribution in [0, 0.1) is 0 Å². The van der Waals surface area contributed by atoms with Crippen LogP contribution in [0.15, 0.2) is 22.2 Å². The van der Waals surface area contributed by atoms with E-state index in [-0.39, 0.29) is 5.78 Å². The zero-order valence-electron chi connectivity index (χ0n) is 6.98. The van der Waals surface area contributed by atoms with Gasteiger partial charge in [-0.15, -0.1) is 11.3 Å². The van der Waals surface area contributed by atoms with Gasteiger partial charge in [0.2, 0.25) is 0 Å². The lowest BCUT2D eigenvalue weighted by atomic mass is 10.3. The minimum atomic E-state index is 0.0338. The maximum absolute atomic E-state index is 11.0. The number of carbonyl (C=O) groups excluding carboxylic acids is 1. The monoisotopic (exact) mass is 209 g/mol. The van der Waals surface area contributed by atoms with Crippen molar-refractivity contribution in [3.8, 4) is 11.3 Å². The van der Waals surface area contributed by atoms with Gasteiger partial charge in [0.1, 0.15) is 0 Å². The summed E-state index contributed by atoms with van der Waals surface area (Å²) in [5.41, 5.74) is 1.99. The highest BCUT2D eigenvalue weighted by Crippen LogP contribution is 2.23. The first-order valence-electron chi connectivity index (χ1n) is 3.76. The van der Waals surface area contributed by atoms with Gasteiger partial charge in [-0.3, -0.25) is 4.79 Å². The molecule has 0 aliphatic rings. The molecule has 0 aromatic carbocycles. The second-order valence-corrected chi connectivity index (χ2v) is 4.24. The summed E-state index contributed by atoms with van der Waals surface area (Å²) in [6.07, 6.45) is 0. The van der Waals surface area contributed by atoms with Crippen LogP contribution in [0.2, 0.25) is 0 Å². The Hall–Kier alpha value is -1.00. The minimum Gasteiger partial charge on any atom is -0.292 e. The number of carbonyl (C=O) groups is 1. The predicted molar refractivity (Wildman–Crippen MR) is 55.4 cm³/mol. The van der Waals surface area contributed by atoms with Gasteiger partial charge < -0.3 is 0 Å². The lowest BCUT2D eigenvalue weighted by Crippen LogP contribution is -1.89. The molecule has 0 aliphatic heterocycles. The van der Waals surface area contributed by atoms with Gasteiger partial charge in [-0.05, 0) is 11.4 Å². The predicted octanol–water partition coefficient (Wildman–Crippen LogP) is 3.07. The van der Waals surface area contributed by atoms with Crippen LogP contribution in [0.5, 0.6) is 0 Å². The topological polar surface area (TPSA) is 30.0 Å². The molecule has 0 N–H and O–H groups in total. The Bertz CT molecular complexity index is 417. The molecule has 0 amide bonds. The standard InChI is InChI=1S/C9H7NOS2/c1-6(11)9-10-8(5-13-9)7-2-3-12-4-7/h2-5H,1H3. The number of hydrogen-bond donors (Lipinski definition) is 0. The van der Waals surface area contributed by atoms with Crippen LogP contribution in [-0.4, -0.2) is 10.8 Å². The third-order valence-corrected chi connectivity index (χ3v) is 3.25. The van der Waals surface area contributed by atoms with E-state index in [1.54, 1.807) is 11.3 Å². The summed E-state index contributed by atoms with van der Waals surface area (Å²) in [6, 6.07) is 2.00. The van der Waals surface area contributed by atoms with Gasteiger partial charge in [-0.1, -0.05) is 0 Å². The Kier molecular flexibility index (Phi) is 2.24. The van der Waals surface area contributed by atoms with E-state index in [1.165, 1.54) is 18.3 Å². The average molecular weight is 209 g/mol. The molecule has 0 aliphatic carbocycles. The smallest absolute Gasteiger partial charge is 0.188 e. The Balaban J connectivity index is 2.39. The van der Waals surface area contributed by atoms with Crippen molar-refractivity contribution in [1.82, 2.24) is 4.98 Å². The van der Waals surface area contributed by atoms with E-state index in [2.05, 4.69) is 4.98 Å². The third-order valence-electron chi connectivity index (χ3n) is 1.62. The molecule has 0 saturated heterocycles. The molecule has 4 heteroatoms. The number of thiophene rings is 1. The number of nitrogens with zero attached hydrogens (tertiary/aromatic N) is 1. The summed E-state index contributed by atoms with van der Waals surface area (Å²) in [6.45, 7) is 1.54. The lowest BCUT2D eigenvalue weighted by molar-refractivity contribution is 0.101. The van der Waals surface area contributed by atoms with E-state index in [9.17, 15) is 4.79 Å². The largest absolute Gasteiger partial charge is 0.292 e. The van der Waals surface area contributed by atoms with Gasteiger partial charge in [-0.25, -0.2) is 4.98 Å². The van der Waals surface area contributed by atoms with Crippen LogP contribution < -0.4 is 0 Å². The molecule has 2 heterocycles. The molecule has 2 nitrogen and oxygen atoms in total. The summed E-state index contributed by atoms with van der Waals surface area (Å²) >= 11 is 3.03. The van der Waals surface area contributed by atoms with Gasteiger partial charge in [0.15, 0.2) is 10.8 Å². The van der Waals surface area contributed by atoms with Gasteiger partial charge in [0.05, 0.1) is 5.69 Å². The van der Waals surface area contributed by atoms with Crippen LogP contribution in [0.3, 0.4) is 0 Å². The van der Waals surface area contributed by atoms with Crippen molar-refractivity contribution in [2.45, 2.75) is 6.92 Å². The summed E-state index contributed by atoms with van der Waals surface area (Å²) < 4.78 is 0. The molecule has 0 bridgehead atoms. The van der Waals surface area contributed by atoms with E-state index in [4.69, 9.17) is 0 Å². The first-order valence-corrected chi connectivity index (χ1v) is 5.58. The molecular weight excluding hydrogens is 202 g/mol. The third kappa shape index (κ3) is 1.68. The number of rotatable bonds is 2. The van der Waals surface area contributed by atoms with Crippen LogP contribution in [0.4, 0.5) is 0 Å². The Morgan fingerprint density at radius 3 is 2.85 bits per heavy atom. The Morgan fingerprint density at radius 1 is 1.46 bits per heavy atom. The lowest BCUT2D eigenvalue weighted by Gasteiger charge is -1.86. The summed E-state index contributed by atoms with van der Waals surface area (Å²) in [5, 5.41) is 6.53. The highest BCUT2D eigenvalue weighted by molar-refractivity contribution is 7.12. The quantitative estimate of drug-likeness (QED) is 0.711. The molecule has 13 heavy (non-hydrogen) atoms. The number of hydrogen-bond acceptors (Lipinski definition) is 4. The maximum Gasteiger partial charge on any atom is 0.188 e. The van der Waals surface area contributed by atoms with Crippen molar-refractivity contribution in [3.05, 3.63) is 27.2 Å². The van der Waals surface area contributed by atoms with Crippen LogP contribution in [0.1, 0.15) is 16.7 Å². The Morgan fingerprint density at radius 2 is 2.31 bits per heavy atom. The molecule has 2 aromatic heterocycles. The maximum atomic E-state index is 11.0. The first-order chi connectivity index (χ1) is 6.27. The van der Waals surface area contributed by atoms with E-state index in [0.29, 0.717) is 5.01 Å². The highest BCUT2D eigenvalue weighted by Gasteiger charge is 2.07. The number of thiazole rings is 1. The fourth-order valence-corrected chi connectivity index (χ4v) is 2.36. The Labute approximate surface area is 83.9 Å². The summed E-state index contributed by atoms with van der Waals surface area (Å²) in [4.78, 5) is 15.2. The fourth-order valence-electron chi connectivity index (χ4n) is 0.978. The summed E-state index contributed by atoms with van der Waals surface area (Å²) in [7, 11) is 0. The zero-order chi connectivity index (χ0) is 9.26. The fraction of sp³-hybridized carbons (Fsp3) is 0.111. The number of ketones is 1. The van der Waals surface area contributed by atoms with Crippen LogP contribution in [-0.2, 0) is 0 Å². The van der Waals surface area contributed by atoms with Gasteiger partial charge in [-0.2, -0.15) is 11.3 Å². The SMILES string of the molecule is CC(=O)c1nc(-c2ccsc2)cs1. The van der Waals surface area contributed by atoms with Crippen LogP contribution >= 0.6 is 22.7 Å². The summed E-state index contributed by atoms with van der Waals surface area (Å²) in [5.74, 6) is 0.0338. The molecular formula is C9H7NOS2. The highest BCUT2D eigenvalue weighted by atomic mass is 32.1. The van der Waals surface area contributed by atoms with Crippen molar-refractivity contribution in [3.63, 3.8) is 0 Å². The molecule has 2 aromatic rings. The zero-order valence-corrected chi connectivity index (χ0v) is 8.61. The molecule has 2 rings (SSSR count). The van der Waals surface area contributed by atoms with Crippen molar-refractivity contribution in [2.75, 3.05) is 0 Å². The number of Topliss-reactive ketones (excluding diaryl/α,β-unsaturated/α-hetero) is 1. The second-order valence-electron chi connectivity index (χ2n) is 2.61. The molecule has 66 valence electrons. The van der Waals surface area contributed by atoms with Gasteiger partial charge in [0.25, 0.3) is 0 Å². The van der Waals surface area contributed by atoms with Crippen molar-refractivity contribution in [2.24, 2.45) is 0 Å². The van der Waals surface area contributed by atoms with E-state index >= 15 is 0 Å². The second kappa shape index (κ2) is 3.40. The van der Waals surface area contributed by atoms with Gasteiger partial charge >= 0.3 is 0 Å². The average Bonchev–Trinajstić information content (AvgIpc) is 2.75. The van der Waals surface area contributed by atoms with Crippen LogP contribution in [0.25, 0.3) is 11.3 Å². The first kappa shape index (κ1) is 8.59. The molecule has 0 spiro atoms. The molecule has 0 fully saturated rings. The molecule has 0 radical (unpaired) electrons. The van der Waals surface area contributed by atoms with E-state index in [1.807, 2.05) is 22.2 Å². The molecule has 0 unspecified atom stereocenters. The molecule has 0 saturated carbocycles. The van der Waals surface area contributed by atoms with Crippen molar-refractivity contribution in [1.29, 1.82) is 0 Å². The van der Waals surface area contributed by atoms with Gasteiger partial charge in [0, 0.05) is 23.2 Å². The minimum absolute atomic E-state index is 0.0338. The van der Waals surface area contributed by atoms with Crippen molar-refractivity contribution >= 4 is 28.5 Å². The van der Waals surface area contributed by atoms with E-state index in [0.717, 1.165) is 11.3 Å².